The van der Waals surface area contributed by atoms with Gasteiger partial charge >= 0.3 is 0 Å². The van der Waals surface area contributed by atoms with Crippen molar-refractivity contribution in [3.63, 3.8) is 0 Å². The fourth-order valence-corrected chi connectivity index (χ4v) is 5.02. The second-order valence-corrected chi connectivity index (χ2v) is 8.78. The molecule has 2 aliphatic rings. The molecule has 1 aromatic carbocycles. The largest absolute Gasteiger partial charge is 0.489 e. The summed E-state index contributed by atoms with van der Waals surface area (Å²) in [6, 6.07) is 8.13. The van der Waals surface area contributed by atoms with Crippen LogP contribution in [0.1, 0.15) is 32.1 Å². The third-order valence-electron chi connectivity index (χ3n) is 6.59. The molecule has 2 atom stereocenters. The Bertz CT molecular complexity index is 1060. The van der Waals surface area contributed by atoms with E-state index in [1.165, 1.54) is 56.2 Å². The maximum absolute atomic E-state index is 9.10. The van der Waals surface area contributed by atoms with Crippen molar-refractivity contribution in [1.82, 2.24) is 35.1 Å². The number of rotatable bonds is 9. The first-order valence-electron chi connectivity index (χ1n) is 12.0. The lowest BCUT2D eigenvalue weighted by Crippen LogP contribution is -2.49. The van der Waals surface area contributed by atoms with Crippen LogP contribution in [0.5, 0.6) is 5.75 Å². The first-order chi connectivity index (χ1) is 16.8. The minimum Gasteiger partial charge on any atom is -0.489 e. The number of ether oxygens (including phenoxy) is 1. The molecule has 2 saturated heterocycles. The van der Waals surface area contributed by atoms with Gasteiger partial charge in [0.2, 0.25) is 5.95 Å². The van der Waals surface area contributed by atoms with Crippen LogP contribution in [-0.4, -0.2) is 79.1 Å². The molecule has 5 rings (SSSR count). The van der Waals surface area contributed by atoms with Gasteiger partial charge in [-0.2, -0.15) is 9.67 Å². The molecule has 2 aliphatic heterocycles. The van der Waals surface area contributed by atoms with Crippen LogP contribution in [0.4, 0.5) is 17.5 Å². The minimum atomic E-state index is -0.0810. The van der Waals surface area contributed by atoms with Crippen molar-refractivity contribution in [2.24, 2.45) is 5.92 Å². The van der Waals surface area contributed by atoms with Gasteiger partial charge in [0.25, 0.3) is 0 Å². The fraction of sp³-hybridized carbons (Fsp3) is 0.522. The van der Waals surface area contributed by atoms with Gasteiger partial charge in [-0.3, -0.25) is 0 Å². The van der Waals surface area contributed by atoms with E-state index in [-0.39, 0.29) is 13.2 Å². The van der Waals surface area contributed by atoms with Gasteiger partial charge in [-0.05, 0) is 79.4 Å². The molecule has 2 fully saturated rings. The molecule has 34 heavy (non-hydrogen) atoms. The Balaban J connectivity index is 1.26. The molecule has 3 aromatic rings. The second-order valence-electron chi connectivity index (χ2n) is 8.78. The fourth-order valence-electron chi connectivity index (χ4n) is 5.02. The summed E-state index contributed by atoms with van der Waals surface area (Å²) in [5.74, 6) is 2.53. The van der Waals surface area contributed by atoms with Crippen LogP contribution < -0.4 is 15.4 Å². The molecule has 180 valence electrons. The third-order valence-corrected chi connectivity index (χ3v) is 6.59. The van der Waals surface area contributed by atoms with E-state index in [1.807, 2.05) is 18.2 Å². The minimum absolute atomic E-state index is 0.0810. The van der Waals surface area contributed by atoms with E-state index in [0.29, 0.717) is 29.3 Å². The number of aliphatic hydroxyl groups excluding tert-OH is 1. The molecule has 0 spiro atoms. The molecule has 0 bridgehead atoms. The Labute approximate surface area is 198 Å². The zero-order chi connectivity index (χ0) is 23.2. The Morgan fingerprint density at radius 3 is 2.94 bits per heavy atom. The molecule has 0 aliphatic carbocycles. The SMILES string of the molecule is OCCOc1ccc(Nc2nccc(NC[C@@H]3CCCN4CCCC[C@H]34)n2)cc1-n1cnnn1. The molecule has 11 nitrogen and oxygen atoms in total. The van der Waals surface area contributed by atoms with E-state index in [4.69, 9.17) is 9.84 Å². The zero-order valence-electron chi connectivity index (χ0n) is 19.2. The second kappa shape index (κ2) is 10.7. The predicted molar refractivity (Wildman–Crippen MR) is 127 cm³/mol. The number of nitrogens with one attached hydrogen (secondary N) is 2. The number of hydrogen-bond acceptors (Lipinski definition) is 10. The van der Waals surface area contributed by atoms with Crippen molar-refractivity contribution in [3.05, 3.63) is 36.8 Å². The number of tetrazole rings is 1. The van der Waals surface area contributed by atoms with Crippen LogP contribution in [0.2, 0.25) is 0 Å². The topological polar surface area (TPSA) is 126 Å². The highest BCUT2D eigenvalue weighted by Gasteiger charge is 2.32. The first-order valence-corrected chi connectivity index (χ1v) is 12.0. The van der Waals surface area contributed by atoms with E-state index in [1.54, 1.807) is 12.3 Å². The molecule has 2 aromatic heterocycles. The monoisotopic (exact) mass is 465 g/mol. The van der Waals surface area contributed by atoms with Crippen LogP contribution in [-0.2, 0) is 0 Å². The highest BCUT2D eigenvalue weighted by atomic mass is 16.5. The lowest BCUT2D eigenvalue weighted by atomic mass is 9.83. The average Bonchev–Trinajstić information content (AvgIpc) is 3.42. The van der Waals surface area contributed by atoms with E-state index in [9.17, 15) is 0 Å². The van der Waals surface area contributed by atoms with Gasteiger partial charge in [-0.15, -0.1) is 5.10 Å². The summed E-state index contributed by atoms with van der Waals surface area (Å²) in [6.07, 6.45) is 9.79. The molecule has 3 N–H and O–H groups in total. The summed E-state index contributed by atoms with van der Waals surface area (Å²) in [5, 5.41) is 27.3. The van der Waals surface area contributed by atoms with Gasteiger partial charge < -0.3 is 25.4 Å². The van der Waals surface area contributed by atoms with Gasteiger partial charge in [0, 0.05) is 24.5 Å². The Morgan fingerprint density at radius 1 is 1.12 bits per heavy atom. The van der Waals surface area contributed by atoms with Crippen LogP contribution >= 0.6 is 0 Å². The van der Waals surface area contributed by atoms with Crippen molar-refractivity contribution < 1.29 is 9.84 Å². The first kappa shape index (κ1) is 22.5. The summed E-state index contributed by atoms with van der Waals surface area (Å²) < 4.78 is 7.13. The Hall–Kier alpha value is -3.31. The normalized spacial score (nSPS) is 20.5. The van der Waals surface area contributed by atoms with Gasteiger partial charge in [0.1, 0.15) is 30.2 Å². The molecular weight excluding hydrogens is 434 g/mol. The number of hydrogen-bond donors (Lipinski definition) is 3. The van der Waals surface area contributed by atoms with E-state index in [2.05, 4.69) is 41.0 Å². The molecule has 0 saturated carbocycles. The van der Waals surface area contributed by atoms with Gasteiger partial charge in [0.05, 0.1) is 6.61 Å². The standard InChI is InChI=1S/C23H31N9O2/c33-12-13-34-21-7-6-18(14-20(21)32-16-26-29-30-32)27-23-24-9-8-22(28-23)25-15-17-4-3-11-31-10-2-1-5-19(17)31/h6-9,14,16-17,19,33H,1-5,10-13,15H2,(H2,24,25,27,28)/t17-,19+/m0/s1. The molecule has 0 radical (unpaired) electrons. The number of piperidine rings is 2. The maximum Gasteiger partial charge on any atom is 0.229 e. The van der Waals surface area contributed by atoms with Crippen molar-refractivity contribution in [2.75, 3.05) is 43.5 Å². The number of fused-ring (bicyclic) bond motifs is 1. The zero-order valence-corrected chi connectivity index (χ0v) is 19.2. The van der Waals surface area contributed by atoms with Crippen LogP contribution in [0.25, 0.3) is 5.69 Å². The van der Waals surface area contributed by atoms with Gasteiger partial charge in [0.15, 0.2) is 0 Å². The number of anilines is 3. The highest BCUT2D eigenvalue weighted by molar-refractivity contribution is 5.62. The van der Waals surface area contributed by atoms with Crippen molar-refractivity contribution in [2.45, 2.75) is 38.1 Å². The predicted octanol–water partition coefficient (Wildman–Crippen LogP) is 2.24. The van der Waals surface area contributed by atoms with Crippen molar-refractivity contribution in [1.29, 1.82) is 0 Å². The average molecular weight is 466 g/mol. The van der Waals surface area contributed by atoms with Crippen LogP contribution in [0, 0.1) is 5.92 Å². The molecule has 0 amide bonds. The lowest BCUT2D eigenvalue weighted by molar-refractivity contribution is 0.0649. The van der Waals surface area contributed by atoms with Crippen LogP contribution in [0.15, 0.2) is 36.8 Å². The molecule has 0 unspecified atom stereocenters. The molecule has 11 heteroatoms. The number of aromatic nitrogens is 6. The van der Waals surface area contributed by atoms with Gasteiger partial charge in [-0.25, -0.2) is 4.98 Å². The highest BCUT2D eigenvalue weighted by Crippen LogP contribution is 2.31. The van der Waals surface area contributed by atoms with Crippen LogP contribution in [0.3, 0.4) is 0 Å². The summed E-state index contributed by atoms with van der Waals surface area (Å²) in [7, 11) is 0. The van der Waals surface area contributed by atoms with E-state index >= 15 is 0 Å². The Morgan fingerprint density at radius 2 is 2.06 bits per heavy atom. The number of benzene rings is 1. The molecular formula is C23H31N9O2. The third kappa shape index (κ3) is 5.26. The van der Waals surface area contributed by atoms with Gasteiger partial charge in [-0.1, -0.05) is 6.42 Å². The van der Waals surface area contributed by atoms with E-state index in [0.717, 1.165) is 18.1 Å². The Kier molecular flexibility index (Phi) is 7.10. The van der Waals surface area contributed by atoms with E-state index < -0.39 is 0 Å². The summed E-state index contributed by atoms with van der Waals surface area (Å²) in [4.78, 5) is 11.7. The lowest BCUT2D eigenvalue weighted by Gasteiger charge is -2.44. The maximum atomic E-state index is 9.10. The summed E-state index contributed by atoms with van der Waals surface area (Å²) >= 11 is 0. The van der Waals surface area contributed by atoms with Crippen molar-refractivity contribution in [3.8, 4) is 11.4 Å². The quantitative estimate of drug-likeness (QED) is 0.433. The number of nitrogens with zero attached hydrogens (tertiary/aromatic N) is 7. The summed E-state index contributed by atoms with van der Waals surface area (Å²) in [5.41, 5.74) is 1.41. The van der Waals surface area contributed by atoms with Crippen molar-refractivity contribution >= 4 is 17.5 Å². The summed E-state index contributed by atoms with van der Waals surface area (Å²) in [6.45, 7) is 3.52. The number of aliphatic hydroxyl groups is 1. The molecule has 4 heterocycles. The smallest absolute Gasteiger partial charge is 0.229 e.